The van der Waals surface area contributed by atoms with Gasteiger partial charge in [-0.3, -0.25) is 30.3 Å². The van der Waals surface area contributed by atoms with Crippen molar-refractivity contribution in [2.45, 2.75) is 19.9 Å². The third kappa shape index (κ3) is 4.27. The van der Waals surface area contributed by atoms with Crippen LogP contribution >= 0.6 is 0 Å². The van der Waals surface area contributed by atoms with Crippen molar-refractivity contribution in [2.75, 3.05) is 0 Å². The third-order valence-corrected chi connectivity index (χ3v) is 3.72. The van der Waals surface area contributed by atoms with E-state index in [9.17, 15) is 14.4 Å². The van der Waals surface area contributed by atoms with Gasteiger partial charge in [-0.05, 0) is 18.6 Å². The molecular weight excluding hydrogens is 348 g/mol. The molecule has 9 heteroatoms. The van der Waals surface area contributed by atoms with Crippen molar-refractivity contribution >= 4 is 11.8 Å². The molecule has 2 aromatic heterocycles. The normalized spacial score (nSPS) is 10.4. The van der Waals surface area contributed by atoms with E-state index in [1.165, 1.54) is 16.8 Å². The first kappa shape index (κ1) is 18.1. The van der Waals surface area contributed by atoms with Crippen LogP contribution in [0.4, 0.5) is 0 Å². The molecule has 0 spiro atoms. The van der Waals surface area contributed by atoms with Crippen LogP contribution in [0.5, 0.6) is 0 Å². The summed E-state index contributed by atoms with van der Waals surface area (Å²) in [5.41, 5.74) is 5.96. The molecule has 1 aromatic carbocycles. The van der Waals surface area contributed by atoms with Crippen molar-refractivity contribution in [3.63, 3.8) is 0 Å². The third-order valence-electron chi connectivity index (χ3n) is 3.72. The molecule has 27 heavy (non-hydrogen) atoms. The van der Waals surface area contributed by atoms with Crippen molar-refractivity contribution in [3.05, 3.63) is 70.3 Å². The standard InChI is InChI=1S/C18H18N6O3/c1-2-10-24-16(25)9-8-13(23-24)17(26)21-22-18(27)15-11-14(19-20-15)12-6-4-3-5-7-12/h3-9,11H,2,10H2,1H3,(H,19,20)(H,21,26)(H,22,27). The van der Waals surface area contributed by atoms with Crippen molar-refractivity contribution in [1.29, 1.82) is 0 Å². The van der Waals surface area contributed by atoms with E-state index in [-0.39, 0.29) is 16.9 Å². The molecule has 0 unspecified atom stereocenters. The number of benzene rings is 1. The topological polar surface area (TPSA) is 122 Å². The van der Waals surface area contributed by atoms with Crippen LogP contribution in [0.2, 0.25) is 0 Å². The van der Waals surface area contributed by atoms with Crippen LogP contribution in [-0.4, -0.2) is 31.8 Å². The number of carbonyl (C=O) groups excluding carboxylic acids is 2. The lowest BCUT2D eigenvalue weighted by atomic mass is 10.1. The van der Waals surface area contributed by atoms with E-state index in [1.54, 1.807) is 6.07 Å². The number of H-pyrrole nitrogens is 1. The fourth-order valence-electron chi connectivity index (χ4n) is 2.38. The lowest BCUT2D eigenvalue weighted by Crippen LogP contribution is -2.42. The predicted octanol–water partition coefficient (Wildman–Crippen LogP) is 1.12. The summed E-state index contributed by atoms with van der Waals surface area (Å²) in [5.74, 6) is -1.18. The zero-order chi connectivity index (χ0) is 19.2. The Morgan fingerprint density at radius 1 is 1.07 bits per heavy atom. The smallest absolute Gasteiger partial charge is 0.272 e. The van der Waals surface area contributed by atoms with Gasteiger partial charge in [-0.2, -0.15) is 10.2 Å². The monoisotopic (exact) mass is 366 g/mol. The van der Waals surface area contributed by atoms with Crippen molar-refractivity contribution in [1.82, 2.24) is 30.8 Å². The molecule has 3 aromatic rings. The van der Waals surface area contributed by atoms with E-state index in [0.29, 0.717) is 18.7 Å². The molecular formula is C18H18N6O3. The maximum absolute atomic E-state index is 12.2. The highest BCUT2D eigenvalue weighted by molar-refractivity contribution is 5.97. The first-order valence-corrected chi connectivity index (χ1v) is 8.38. The van der Waals surface area contributed by atoms with Crippen molar-refractivity contribution < 1.29 is 9.59 Å². The van der Waals surface area contributed by atoms with Crippen LogP contribution in [0.15, 0.2) is 53.3 Å². The fraction of sp³-hybridized carbons (Fsp3) is 0.167. The van der Waals surface area contributed by atoms with Crippen LogP contribution < -0.4 is 16.4 Å². The second-order valence-electron chi connectivity index (χ2n) is 5.72. The molecule has 9 nitrogen and oxygen atoms in total. The highest BCUT2D eigenvalue weighted by atomic mass is 16.2. The highest BCUT2D eigenvalue weighted by Gasteiger charge is 2.14. The highest BCUT2D eigenvalue weighted by Crippen LogP contribution is 2.16. The molecule has 2 amide bonds. The van der Waals surface area contributed by atoms with E-state index in [2.05, 4.69) is 26.1 Å². The van der Waals surface area contributed by atoms with Gasteiger partial charge in [0.1, 0.15) is 5.69 Å². The Hall–Kier alpha value is -3.75. The Morgan fingerprint density at radius 2 is 1.81 bits per heavy atom. The Bertz CT molecular complexity index is 1010. The number of carbonyl (C=O) groups is 2. The van der Waals surface area contributed by atoms with Crippen LogP contribution in [-0.2, 0) is 6.54 Å². The number of rotatable bonds is 5. The number of hydrazine groups is 1. The van der Waals surface area contributed by atoms with Gasteiger partial charge in [-0.25, -0.2) is 4.68 Å². The first-order valence-electron chi connectivity index (χ1n) is 8.38. The van der Waals surface area contributed by atoms with Gasteiger partial charge in [0.2, 0.25) is 0 Å². The van der Waals surface area contributed by atoms with Gasteiger partial charge < -0.3 is 0 Å². The fourth-order valence-corrected chi connectivity index (χ4v) is 2.38. The summed E-state index contributed by atoms with van der Waals surface area (Å²) >= 11 is 0. The Kier molecular flexibility index (Phi) is 5.41. The van der Waals surface area contributed by atoms with Gasteiger partial charge in [0.05, 0.1) is 5.69 Å². The number of amides is 2. The molecule has 3 rings (SSSR count). The summed E-state index contributed by atoms with van der Waals surface area (Å²) in [7, 11) is 0. The second-order valence-corrected chi connectivity index (χ2v) is 5.72. The van der Waals surface area contributed by atoms with Crippen LogP contribution in [0.1, 0.15) is 34.3 Å². The van der Waals surface area contributed by atoms with E-state index in [1.807, 2.05) is 37.3 Å². The Labute approximate surface area is 154 Å². The van der Waals surface area contributed by atoms with Gasteiger partial charge in [-0.1, -0.05) is 37.3 Å². The molecule has 3 N–H and O–H groups in total. The Balaban J connectivity index is 1.64. The molecule has 0 saturated carbocycles. The summed E-state index contributed by atoms with van der Waals surface area (Å²) < 4.78 is 1.21. The number of hydrogen-bond acceptors (Lipinski definition) is 5. The lowest BCUT2D eigenvalue weighted by Gasteiger charge is -2.07. The molecule has 138 valence electrons. The summed E-state index contributed by atoms with van der Waals surface area (Å²) in [5, 5.41) is 10.7. The number of nitrogens with one attached hydrogen (secondary N) is 3. The minimum atomic E-state index is -0.629. The number of aromatic amines is 1. The number of nitrogens with zero attached hydrogens (tertiary/aromatic N) is 3. The number of aromatic nitrogens is 4. The minimum absolute atomic E-state index is 0.0259. The van der Waals surface area contributed by atoms with Gasteiger partial charge in [0.15, 0.2) is 5.69 Å². The van der Waals surface area contributed by atoms with Crippen LogP contribution in [0, 0.1) is 0 Å². The second kappa shape index (κ2) is 8.09. The largest absolute Gasteiger partial charge is 0.290 e. The van der Waals surface area contributed by atoms with E-state index in [0.717, 1.165) is 5.56 Å². The summed E-state index contributed by atoms with van der Waals surface area (Å²) in [4.78, 5) is 36.0. The summed E-state index contributed by atoms with van der Waals surface area (Å²) in [6.07, 6.45) is 0.707. The van der Waals surface area contributed by atoms with Gasteiger partial charge in [-0.15, -0.1) is 0 Å². The molecule has 0 radical (unpaired) electrons. The van der Waals surface area contributed by atoms with E-state index < -0.39 is 11.8 Å². The molecule has 0 bridgehead atoms. The van der Waals surface area contributed by atoms with Gasteiger partial charge in [0, 0.05) is 18.2 Å². The number of aryl methyl sites for hydroxylation is 1. The van der Waals surface area contributed by atoms with Crippen LogP contribution in [0.25, 0.3) is 11.3 Å². The SMILES string of the molecule is CCCn1nc(C(=O)NNC(=O)c2cc(-c3ccccc3)n[nH]2)ccc1=O. The molecule has 0 aliphatic heterocycles. The molecule has 0 fully saturated rings. The summed E-state index contributed by atoms with van der Waals surface area (Å²) in [6, 6.07) is 13.5. The molecule has 2 heterocycles. The number of hydrogen-bond donors (Lipinski definition) is 3. The average Bonchev–Trinajstić information content (AvgIpc) is 3.19. The zero-order valence-corrected chi connectivity index (χ0v) is 14.6. The van der Waals surface area contributed by atoms with E-state index in [4.69, 9.17) is 0 Å². The molecule has 0 atom stereocenters. The van der Waals surface area contributed by atoms with E-state index >= 15 is 0 Å². The van der Waals surface area contributed by atoms with Crippen molar-refractivity contribution in [3.8, 4) is 11.3 Å². The lowest BCUT2D eigenvalue weighted by molar-refractivity contribution is 0.0840. The zero-order valence-electron chi connectivity index (χ0n) is 14.6. The summed E-state index contributed by atoms with van der Waals surface area (Å²) in [6.45, 7) is 2.30. The average molecular weight is 366 g/mol. The van der Waals surface area contributed by atoms with Gasteiger partial charge in [0.25, 0.3) is 17.4 Å². The maximum Gasteiger partial charge on any atom is 0.290 e. The van der Waals surface area contributed by atoms with Crippen molar-refractivity contribution in [2.24, 2.45) is 0 Å². The Morgan fingerprint density at radius 3 is 2.56 bits per heavy atom. The quantitative estimate of drug-likeness (QED) is 0.584. The first-order chi connectivity index (χ1) is 13.1. The molecule has 0 aliphatic rings. The molecule has 0 saturated heterocycles. The van der Waals surface area contributed by atoms with Crippen LogP contribution in [0.3, 0.4) is 0 Å². The molecule has 0 aliphatic carbocycles. The maximum atomic E-state index is 12.2. The minimum Gasteiger partial charge on any atom is -0.272 e. The predicted molar refractivity (Wildman–Crippen MR) is 97.7 cm³/mol. The van der Waals surface area contributed by atoms with Gasteiger partial charge >= 0.3 is 0 Å².